The molecule has 5 nitrogen and oxygen atoms in total. The third-order valence-corrected chi connectivity index (χ3v) is 5.01. The Morgan fingerprint density at radius 2 is 2.04 bits per heavy atom. The van der Waals surface area contributed by atoms with Gasteiger partial charge < -0.3 is 14.3 Å². The number of aromatic hydroxyl groups is 1. The van der Waals surface area contributed by atoms with Gasteiger partial charge in [0.25, 0.3) is 0 Å². The van der Waals surface area contributed by atoms with Crippen LogP contribution < -0.4 is 5.63 Å². The van der Waals surface area contributed by atoms with Crippen LogP contribution in [0.25, 0.3) is 11.0 Å². The highest BCUT2D eigenvalue weighted by atomic mass is 16.5. The lowest BCUT2D eigenvalue weighted by Gasteiger charge is -2.23. The number of ether oxygens (including phenoxy) is 1. The minimum atomic E-state index is -0.559. The lowest BCUT2D eigenvalue weighted by Crippen LogP contribution is -2.22. The van der Waals surface area contributed by atoms with Gasteiger partial charge in [-0.05, 0) is 37.3 Å². The lowest BCUT2D eigenvalue weighted by molar-refractivity contribution is -0.144. The topological polar surface area (TPSA) is 76.7 Å². The maximum absolute atomic E-state index is 12.6. The Morgan fingerprint density at radius 1 is 1.32 bits per heavy atom. The summed E-state index contributed by atoms with van der Waals surface area (Å²) in [5.74, 6) is -0.574. The summed E-state index contributed by atoms with van der Waals surface area (Å²) in [7, 11) is 0. The van der Waals surface area contributed by atoms with E-state index in [9.17, 15) is 14.7 Å². The predicted molar refractivity (Wildman–Crippen MR) is 94.7 cm³/mol. The number of carbonyl (C=O) groups excluding carboxylic acids is 1. The molecule has 0 spiro atoms. The summed E-state index contributed by atoms with van der Waals surface area (Å²) in [6.07, 6.45) is 4.88. The molecular weight excluding hydrogens is 320 g/mol. The molecule has 1 N–H and O–H groups in total. The third-order valence-electron chi connectivity index (χ3n) is 5.01. The summed E-state index contributed by atoms with van der Waals surface area (Å²) >= 11 is 0. The fraction of sp³-hybridized carbons (Fsp3) is 0.500. The standard InChI is InChI=1S/C20H24O5/c1-2-11-24-17(21)12-15(13-7-3-4-8-13)18-19(22)14-9-5-6-10-16(14)25-20(18)23/h5-6,9-10,13,15,22H,2-4,7-8,11-12H2,1H3. The largest absolute Gasteiger partial charge is 0.507 e. The van der Waals surface area contributed by atoms with Crippen LogP contribution in [0.1, 0.15) is 56.9 Å². The molecule has 1 aromatic carbocycles. The first-order chi connectivity index (χ1) is 12.1. The molecule has 134 valence electrons. The maximum Gasteiger partial charge on any atom is 0.343 e. The van der Waals surface area contributed by atoms with Crippen LogP contribution in [0.5, 0.6) is 5.75 Å². The molecule has 0 amide bonds. The van der Waals surface area contributed by atoms with Gasteiger partial charge in [-0.25, -0.2) is 4.79 Å². The van der Waals surface area contributed by atoms with E-state index < -0.39 is 5.63 Å². The molecule has 1 heterocycles. The number of benzene rings is 1. The molecule has 0 bridgehead atoms. The van der Waals surface area contributed by atoms with Crippen molar-refractivity contribution < 1.29 is 19.1 Å². The fourth-order valence-electron chi connectivity index (χ4n) is 3.79. The first-order valence-electron chi connectivity index (χ1n) is 9.02. The van der Waals surface area contributed by atoms with Gasteiger partial charge in [-0.2, -0.15) is 0 Å². The van der Waals surface area contributed by atoms with Crippen molar-refractivity contribution in [1.29, 1.82) is 0 Å². The van der Waals surface area contributed by atoms with Crippen molar-refractivity contribution in [2.45, 2.75) is 51.4 Å². The van der Waals surface area contributed by atoms with Crippen LogP contribution in [0.15, 0.2) is 33.5 Å². The molecule has 1 aliphatic rings. The molecule has 0 saturated heterocycles. The highest BCUT2D eigenvalue weighted by Crippen LogP contribution is 2.42. The van der Waals surface area contributed by atoms with E-state index in [1.165, 1.54) is 0 Å². The molecular formula is C20H24O5. The van der Waals surface area contributed by atoms with E-state index in [0.29, 0.717) is 17.6 Å². The van der Waals surface area contributed by atoms with Crippen LogP contribution in [-0.4, -0.2) is 17.7 Å². The van der Waals surface area contributed by atoms with E-state index >= 15 is 0 Å². The second-order valence-corrected chi connectivity index (χ2v) is 6.72. The van der Waals surface area contributed by atoms with Gasteiger partial charge in [0.2, 0.25) is 0 Å². The smallest absolute Gasteiger partial charge is 0.343 e. The number of hydrogen-bond acceptors (Lipinski definition) is 5. The first kappa shape index (κ1) is 17.5. The number of para-hydroxylation sites is 1. The quantitative estimate of drug-likeness (QED) is 0.630. The Morgan fingerprint density at radius 3 is 2.76 bits per heavy atom. The highest BCUT2D eigenvalue weighted by molar-refractivity contribution is 5.84. The van der Waals surface area contributed by atoms with Crippen molar-refractivity contribution >= 4 is 16.9 Å². The van der Waals surface area contributed by atoms with E-state index in [1.807, 2.05) is 6.92 Å². The van der Waals surface area contributed by atoms with Crippen molar-refractivity contribution in [2.24, 2.45) is 5.92 Å². The third kappa shape index (κ3) is 3.70. The average molecular weight is 344 g/mol. The normalized spacial score (nSPS) is 16.2. The number of fused-ring (bicyclic) bond motifs is 1. The van der Waals surface area contributed by atoms with Crippen LogP contribution >= 0.6 is 0 Å². The monoisotopic (exact) mass is 344 g/mol. The average Bonchev–Trinajstić information content (AvgIpc) is 3.13. The van der Waals surface area contributed by atoms with E-state index in [0.717, 1.165) is 32.1 Å². The number of esters is 1. The van der Waals surface area contributed by atoms with Crippen LogP contribution in [0.3, 0.4) is 0 Å². The van der Waals surface area contributed by atoms with Crippen LogP contribution in [-0.2, 0) is 9.53 Å². The number of carbonyl (C=O) groups is 1. The fourth-order valence-corrected chi connectivity index (χ4v) is 3.79. The molecule has 3 rings (SSSR count). The van der Waals surface area contributed by atoms with Crippen LogP contribution in [0, 0.1) is 5.92 Å². The van der Waals surface area contributed by atoms with Gasteiger partial charge in [0, 0.05) is 5.92 Å². The summed E-state index contributed by atoms with van der Waals surface area (Å²) in [5.41, 5.74) is 0.0166. The number of rotatable bonds is 6. The number of hydrogen-bond donors (Lipinski definition) is 1. The minimum absolute atomic E-state index is 0.0629. The van der Waals surface area contributed by atoms with E-state index in [2.05, 4.69) is 0 Å². The van der Waals surface area contributed by atoms with Crippen molar-refractivity contribution in [3.05, 3.63) is 40.2 Å². The molecule has 1 unspecified atom stereocenters. The first-order valence-corrected chi connectivity index (χ1v) is 9.02. The minimum Gasteiger partial charge on any atom is -0.507 e. The lowest BCUT2D eigenvalue weighted by atomic mass is 9.82. The Bertz CT molecular complexity index is 801. The van der Waals surface area contributed by atoms with Gasteiger partial charge in [-0.1, -0.05) is 31.9 Å². The van der Waals surface area contributed by atoms with Crippen molar-refractivity contribution in [3.63, 3.8) is 0 Å². The van der Waals surface area contributed by atoms with Crippen molar-refractivity contribution in [3.8, 4) is 5.75 Å². The van der Waals surface area contributed by atoms with Gasteiger partial charge >= 0.3 is 11.6 Å². The van der Waals surface area contributed by atoms with Crippen molar-refractivity contribution in [1.82, 2.24) is 0 Å². The zero-order valence-corrected chi connectivity index (χ0v) is 14.5. The summed E-state index contributed by atoms with van der Waals surface area (Å²) < 4.78 is 10.6. The van der Waals surface area contributed by atoms with E-state index in [-0.39, 0.29) is 35.5 Å². The highest BCUT2D eigenvalue weighted by Gasteiger charge is 2.34. The summed E-state index contributed by atoms with van der Waals surface area (Å²) in [5, 5.41) is 11.2. The summed E-state index contributed by atoms with van der Waals surface area (Å²) in [6, 6.07) is 6.91. The van der Waals surface area contributed by atoms with Gasteiger partial charge in [0.1, 0.15) is 11.3 Å². The molecule has 1 aromatic heterocycles. The van der Waals surface area contributed by atoms with Gasteiger partial charge in [-0.3, -0.25) is 4.79 Å². The second-order valence-electron chi connectivity index (χ2n) is 6.72. The molecule has 0 aliphatic heterocycles. The SMILES string of the molecule is CCCOC(=O)CC(c1c(O)c2ccccc2oc1=O)C1CCCC1. The maximum atomic E-state index is 12.6. The molecule has 25 heavy (non-hydrogen) atoms. The van der Waals surface area contributed by atoms with E-state index in [4.69, 9.17) is 9.15 Å². The molecule has 1 atom stereocenters. The zero-order valence-electron chi connectivity index (χ0n) is 14.5. The summed E-state index contributed by atoms with van der Waals surface area (Å²) in [6.45, 7) is 2.31. The second kappa shape index (κ2) is 7.72. The Labute approximate surface area is 146 Å². The van der Waals surface area contributed by atoms with Gasteiger partial charge in [0.05, 0.1) is 24.0 Å². The Balaban J connectivity index is 2.01. The molecule has 5 heteroatoms. The Hall–Kier alpha value is -2.30. The summed E-state index contributed by atoms with van der Waals surface area (Å²) in [4.78, 5) is 24.8. The Kier molecular flexibility index (Phi) is 5.41. The van der Waals surface area contributed by atoms with E-state index in [1.54, 1.807) is 24.3 Å². The molecule has 0 radical (unpaired) electrons. The van der Waals surface area contributed by atoms with Gasteiger partial charge in [0.15, 0.2) is 0 Å². The molecule has 1 aliphatic carbocycles. The molecule has 1 fully saturated rings. The van der Waals surface area contributed by atoms with Gasteiger partial charge in [-0.15, -0.1) is 0 Å². The zero-order chi connectivity index (χ0) is 17.8. The predicted octanol–water partition coefficient (Wildman–Crippen LogP) is 4.12. The van der Waals surface area contributed by atoms with Crippen LogP contribution in [0.4, 0.5) is 0 Å². The molecule has 1 saturated carbocycles. The van der Waals surface area contributed by atoms with Crippen LogP contribution in [0.2, 0.25) is 0 Å². The molecule has 2 aromatic rings. The van der Waals surface area contributed by atoms with Crippen molar-refractivity contribution in [2.75, 3.05) is 6.61 Å².